The molecule has 1 N–H and O–H groups in total. The molecular weight excluding hydrogens is 449 g/mol. The topological polar surface area (TPSA) is 100 Å². The molecule has 1 aliphatic rings. The van der Waals surface area contributed by atoms with Gasteiger partial charge in [0.15, 0.2) is 5.06 Å². The Morgan fingerprint density at radius 2 is 1.37 bits per heavy atom. The number of amides is 1. The molecule has 0 fully saturated rings. The van der Waals surface area contributed by atoms with Gasteiger partial charge in [0.2, 0.25) is 0 Å². The summed E-state index contributed by atoms with van der Waals surface area (Å²) < 4.78 is 85.6. The van der Waals surface area contributed by atoms with Crippen LogP contribution in [-0.2, 0) is 32.0 Å². The van der Waals surface area contributed by atoms with Crippen LogP contribution in [0, 0.1) is 0 Å². The molecule has 0 atom stereocenters. The molecule has 13 heteroatoms. The maximum absolute atomic E-state index is 13.5. The van der Waals surface area contributed by atoms with Crippen LogP contribution >= 0.6 is 15.2 Å². The summed E-state index contributed by atoms with van der Waals surface area (Å²) in [6.45, 7) is 6.17. The van der Waals surface area contributed by atoms with Crippen molar-refractivity contribution in [2.24, 2.45) is 0 Å². The van der Waals surface area contributed by atoms with Crippen molar-refractivity contribution in [1.29, 1.82) is 0 Å². The molecule has 0 spiro atoms. The zero-order chi connectivity index (χ0) is 23.0. The zero-order valence-electron chi connectivity index (χ0n) is 17.2. The summed E-state index contributed by atoms with van der Waals surface area (Å²) in [7, 11) is -8.27. The Balaban J connectivity index is 3.47. The average Bonchev–Trinajstić information content (AvgIpc) is 2.63. The maximum atomic E-state index is 13.5. The molecule has 0 heterocycles. The van der Waals surface area contributed by atoms with Crippen LogP contribution in [-0.4, -0.2) is 38.5 Å². The van der Waals surface area contributed by atoms with Gasteiger partial charge in [-0.3, -0.25) is 13.9 Å². The second-order valence-electron chi connectivity index (χ2n) is 5.66. The highest BCUT2D eigenvalue weighted by Crippen LogP contribution is 2.75. The largest absolute Gasteiger partial charge is 0.471 e. The van der Waals surface area contributed by atoms with E-state index in [0.717, 1.165) is 6.08 Å². The van der Waals surface area contributed by atoms with Gasteiger partial charge in [-0.1, -0.05) is 12.2 Å². The van der Waals surface area contributed by atoms with Gasteiger partial charge < -0.3 is 23.4 Å². The van der Waals surface area contributed by atoms with E-state index in [9.17, 15) is 27.1 Å². The van der Waals surface area contributed by atoms with E-state index in [0.29, 0.717) is 0 Å². The smallest absolute Gasteiger partial charge is 0.319 e. The van der Waals surface area contributed by atoms with Crippen LogP contribution in [0.3, 0.4) is 0 Å². The molecule has 0 unspecified atom stereocenters. The van der Waals surface area contributed by atoms with Crippen molar-refractivity contribution >= 4 is 21.1 Å². The SMILES string of the molecule is CCOP(=O)(OCC)C(=C1C=CC(NC(=O)C(F)(F)F)=CC1)P(=O)(OCC)OCC. The fourth-order valence-corrected chi connectivity index (χ4v) is 7.43. The molecule has 0 aromatic carbocycles. The van der Waals surface area contributed by atoms with E-state index in [-0.39, 0.29) is 49.2 Å². The van der Waals surface area contributed by atoms with Gasteiger partial charge >= 0.3 is 27.3 Å². The number of allylic oxidation sites excluding steroid dienone is 4. The Labute approximate surface area is 173 Å². The number of hydrogen-bond acceptors (Lipinski definition) is 7. The third-order valence-electron chi connectivity index (χ3n) is 3.52. The van der Waals surface area contributed by atoms with Crippen LogP contribution in [0.5, 0.6) is 0 Å². The summed E-state index contributed by atoms with van der Waals surface area (Å²) >= 11 is 0. The van der Waals surface area contributed by atoms with E-state index in [1.54, 1.807) is 33.0 Å². The highest BCUT2D eigenvalue weighted by Gasteiger charge is 2.47. The van der Waals surface area contributed by atoms with Crippen molar-refractivity contribution in [2.75, 3.05) is 26.4 Å². The van der Waals surface area contributed by atoms with Crippen molar-refractivity contribution in [3.05, 3.63) is 34.6 Å². The van der Waals surface area contributed by atoms with Crippen molar-refractivity contribution in [3.63, 3.8) is 0 Å². The Morgan fingerprint density at radius 3 is 1.67 bits per heavy atom. The first-order valence-electron chi connectivity index (χ1n) is 9.26. The zero-order valence-corrected chi connectivity index (χ0v) is 18.9. The molecular formula is C17H26F3NO7P2. The average molecular weight is 475 g/mol. The highest BCUT2D eigenvalue weighted by atomic mass is 31.2. The molecule has 0 saturated heterocycles. The van der Waals surface area contributed by atoms with E-state index in [4.69, 9.17) is 18.1 Å². The number of halogens is 3. The summed E-state index contributed by atoms with van der Waals surface area (Å²) in [6, 6.07) is 0. The standard InChI is InChI=1S/C17H26F3NO7P2/c1-5-25-29(23,26-6-2)15(30(24,27-7-3)28-8-4)13-9-11-14(12-10-13)21-16(22)17(18,19)20/h9,11-12H,5-8,10H2,1-4H3,(H,21,22). The van der Waals surface area contributed by atoms with Gasteiger partial charge in [0, 0.05) is 5.70 Å². The normalized spacial score (nSPS) is 15.2. The molecule has 1 aliphatic carbocycles. The minimum Gasteiger partial charge on any atom is -0.319 e. The third-order valence-corrected chi connectivity index (χ3v) is 9.00. The molecule has 172 valence electrons. The Hall–Kier alpha value is -1.22. The van der Waals surface area contributed by atoms with Crippen LogP contribution in [0.25, 0.3) is 0 Å². The number of hydrogen-bond donors (Lipinski definition) is 1. The van der Waals surface area contributed by atoms with Gasteiger partial charge in [-0.05, 0) is 45.8 Å². The summed E-state index contributed by atoms with van der Waals surface area (Å²) in [6.07, 6.45) is -1.48. The first-order chi connectivity index (χ1) is 14.0. The molecule has 0 aromatic rings. The lowest BCUT2D eigenvalue weighted by molar-refractivity contribution is -0.172. The van der Waals surface area contributed by atoms with Crippen LogP contribution in [0.4, 0.5) is 13.2 Å². The third kappa shape index (κ3) is 6.90. The van der Waals surface area contributed by atoms with Crippen molar-refractivity contribution < 1.29 is 45.2 Å². The van der Waals surface area contributed by atoms with Gasteiger partial charge in [0.05, 0.1) is 26.4 Å². The van der Waals surface area contributed by atoms with Crippen LogP contribution in [0.15, 0.2) is 34.6 Å². The molecule has 1 amide bonds. The highest BCUT2D eigenvalue weighted by molar-refractivity contribution is 7.78. The lowest BCUT2D eigenvalue weighted by atomic mass is 10.1. The van der Waals surface area contributed by atoms with Crippen LogP contribution < -0.4 is 5.32 Å². The molecule has 8 nitrogen and oxygen atoms in total. The maximum Gasteiger partial charge on any atom is 0.471 e. The minimum absolute atomic E-state index is 0.0290. The van der Waals surface area contributed by atoms with Crippen molar-refractivity contribution in [1.82, 2.24) is 5.32 Å². The summed E-state index contributed by atoms with van der Waals surface area (Å²) in [5.74, 6) is -2.13. The van der Waals surface area contributed by atoms with E-state index < -0.39 is 27.3 Å². The van der Waals surface area contributed by atoms with Gasteiger partial charge in [0.25, 0.3) is 0 Å². The van der Waals surface area contributed by atoms with Crippen LogP contribution in [0.2, 0.25) is 0 Å². The van der Waals surface area contributed by atoms with Gasteiger partial charge in [0.1, 0.15) is 0 Å². The summed E-state index contributed by atoms with van der Waals surface area (Å²) in [4.78, 5) is 11.1. The Morgan fingerprint density at radius 1 is 0.933 bits per heavy atom. The summed E-state index contributed by atoms with van der Waals surface area (Å²) in [5.41, 5.74) is 0.0567. The lowest BCUT2D eigenvalue weighted by Crippen LogP contribution is -2.36. The number of nitrogens with one attached hydrogen (secondary N) is 1. The van der Waals surface area contributed by atoms with E-state index >= 15 is 0 Å². The van der Waals surface area contributed by atoms with Gasteiger partial charge in [-0.25, -0.2) is 0 Å². The lowest BCUT2D eigenvalue weighted by Gasteiger charge is -2.28. The Bertz CT molecular complexity index is 754. The number of rotatable bonds is 11. The molecule has 0 aliphatic heterocycles. The molecule has 1 rings (SSSR count). The van der Waals surface area contributed by atoms with Gasteiger partial charge in [-0.15, -0.1) is 0 Å². The second-order valence-corrected chi connectivity index (χ2v) is 9.93. The van der Waals surface area contributed by atoms with E-state index in [1.165, 1.54) is 12.2 Å². The van der Waals surface area contributed by atoms with Gasteiger partial charge in [-0.2, -0.15) is 13.2 Å². The monoisotopic (exact) mass is 475 g/mol. The van der Waals surface area contributed by atoms with E-state index in [2.05, 4.69) is 0 Å². The van der Waals surface area contributed by atoms with Crippen molar-refractivity contribution in [3.8, 4) is 0 Å². The first kappa shape index (κ1) is 26.8. The molecule has 30 heavy (non-hydrogen) atoms. The number of carbonyl (C=O) groups is 1. The second kappa shape index (κ2) is 11.4. The molecule has 0 bridgehead atoms. The fraction of sp³-hybridized carbons (Fsp3) is 0.588. The molecule has 0 radical (unpaired) electrons. The van der Waals surface area contributed by atoms with Crippen molar-refractivity contribution in [2.45, 2.75) is 40.3 Å². The quantitative estimate of drug-likeness (QED) is 0.407. The molecule has 0 saturated carbocycles. The predicted octanol–water partition coefficient (Wildman–Crippen LogP) is 5.25. The van der Waals surface area contributed by atoms with E-state index in [1.807, 2.05) is 0 Å². The predicted molar refractivity (Wildman–Crippen MR) is 105 cm³/mol. The minimum atomic E-state index is -5.05. The fourth-order valence-electron chi connectivity index (χ4n) is 2.51. The van der Waals surface area contributed by atoms with Crippen LogP contribution in [0.1, 0.15) is 34.1 Å². The molecule has 0 aromatic heterocycles. The Kier molecular flexibility index (Phi) is 10.2. The number of carbonyl (C=O) groups excluding carboxylic acids is 1. The summed E-state index contributed by atoms with van der Waals surface area (Å²) in [5, 5.41) is 1.41. The number of alkyl halides is 3. The first-order valence-corrected chi connectivity index (χ1v) is 12.3.